The Balaban J connectivity index is 1.90. The third-order valence-corrected chi connectivity index (χ3v) is 3.36. The van der Waals surface area contributed by atoms with Crippen molar-refractivity contribution in [1.82, 2.24) is 15.2 Å². The zero-order chi connectivity index (χ0) is 15.3. The first-order valence-electron chi connectivity index (χ1n) is 6.83. The maximum atomic E-state index is 12.0. The molecular weight excluding hydrogens is 272 g/mol. The summed E-state index contributed by atoms with van der Waals surface area (Å²) in [5.41, 5.74) is -0.918. The minimum atomic E-state index is -0.918. The van der Waals surface area contributed by atoms with Crippen molar-refractivity contribution in [2.24, 2.45) is 0 Å². The van der Waals surface area contributed by atoms with Crippen LogP contribution in [0.3, 0.4) is 0 Å². The Labute approximate surface area is 123 Å². The zero-order valence-electron chi connectivity index (χ0n) is 12.3. The summed E-state index contributed by atoms with van der Waals surface area (Å²) >= 11 is 0. The van der Waals surface area contributed by atoms with E-state index in [0.717, 1.165) is 0 Å². The molecule has 0 aliphatic carbocycles. The molecule has 1 aromatic rings. The van der Waals surface area contributed by atoms with Gasteiger partial charge in [0.05, 0.1) is 13.2 Å². The van der Waals surface area contributed by atoms with E-state index in [-0.39, 0.29) is 18.4 Å². The number of nitrogens with zero attached hydrogens (tertiary/aromatic N) is 2. The van der Waals surface area contributed by atoms with Crippen molar-refractivity contribution in [1.29, 1.82) is 0 Å². The molecule has 2 N–H and O–H groups in total. The summed E-state index contributed by atoms with van der Waals surface area (Å²) in [7, 11) is 1.57. The average molecular weight is 292 g/mol. The van der Waals surface area contributed by atoms with E-state index in [1.54, 1.807) is 38.4 Å². The van der Waals surface area contributed by atoms with Gasteiger partial charge in [-0.2, -0.15) is 0 Å². The normalized spacial score (nSPS) is 22.6. The van der Waals surface area contributed by atoms with Gasteiger partial charge in [-0.15, -0.1) is 0 Å². The van der Waals surface area contributed by atoms with Crippen LogP contribution in [0, 0.1) is 0 Å². The van der Waals surface area contributed by atoms with E-state index in [2.05, 4.69) is 15.6 Å². The number of hydrogen-bond donors (Lipinski definition) is 2. The molecule has 1 atom stereocenters. The number of likely N-dealkylation sites (N-methyl/N-ethyl adjacent to an activating group) is 1. The van der Waals surface area contributed by atoms with Crippen LogP contribution in [0.2, 0.25) is 0 Å². The fourth-order valence-corrected chi connectivity index (χ4v) is 2.31. The summed E-state index contributed by atoms with van der Waals surface area (Å²) in [5, 5.41) is 5.31. The van der Waals surface area contributed by atoms with Gasteiger partial charge in [-0.1, -0.05) is 6.07 Å². The molecule has 0 saturated carbocycles. The van der Waals surface area contributed by atoms with Crippen LogP contribution < -0.4 is 10.6 Å². The molecule has 1 saturated heterocycles. The molecular formula is C14H20N4O3. The lowest BCUT2D eigenvalue weighted by molar-refractivity contribution is -0.156. The highest BCUT2D eigenvalue weighted by Crippen LogP contribution is 2.17. The fourth-order valence-electron chi connectivity index (χ4n) is 2.31. The molecule has 7 nitrogen and oxygen atoms in total. The summed E-state index contributed by atoms with van der Waals surface area (Å²) in [6.07, 6.45) is 1.62. The van der Waals surface area contributed by atoms with E-state index in [0.29, 0.717) is 25.5 Å². The van der Waals surface area contributed by atoms with Crippen LogP contribution in [0.4, 0.5) is 5.82 Å². The van der Waals surface area contributed by atoms with Crippen LogP contribution in [0.1, 0.15) is 6.92 Å². The molecule has 1 fully saturated rings. The Kier molecular flexibility index (Phi) is 4.87. The third kappa shape index (κ3) is 3.99. The number of pyridine rings is 1. The number of anilines is 1. The molecule has 1 aliphatic rings. The molecule has 2 amide bonds. The molecule has 2 rings (SSSR count). The predicted molar refractivity (Wildman–Crippen MR) is 77.7 cm³/mol. The highest BCUT2D eigenvalue weighted by Gasteiger charge is 2.38. The largest absolute Gasteiger partial charge is 0.363 e. The van der Waals surface area contributed by atoms with Crippen molar-refractivity contribution in [3.05, 3.63) is 24.4 Å². The van der Waals surface area contributed by atoms with Crippen LogP contribution in [0.25, 0.3) is 0 Å². The minimum Gasteiger partial charge on any atom is -0.363 e. The van der Waals surface area contributed by atoms with Gasteiger partial charge in [-0.05, 0) is 19.1 Å². The topological polar surface area (TPSA) is 83.6 Å². The summed E-state index contributed by atoms with van der Waals surface area (Å²) < 4.78 is 5.55. The van der Waals surface area contributed by atoms with Gasteiger partial charge in [-0.25, -0.2) is 4.98 Å². The van der Waals surface area contributed by atoms with E-state index < -0.39 is 5.60 Å². The standard InChI is InChI=1S/C14H20N4O3/c1-14(13(20)15-2)10-18(7-8-21-14)9-12(19)17-11-5-3-4-6-16-11/h3-6H,7-10H2,1-2H3,(H,15,20)(H,16,17,19)/t14-/m0/s1. The molecule has 0 bridgehead atoms. The van der Waals surface area contributed by atoms with E-state index in [1.165, 1.54) is 0 Å². The van der Waals surface area contributed by atoms with Crippen LogP contribution in [-0.2, 0) is 14.3 Å². The van der Waals surface area contributed by atoms with Crippen LogP contribution in [0.15, 0.2) is 24.4 Å². The summed E-state index contributed by atoms with van der Waals surface area (Å²) in [5.74, 6) is 0.178. The van der Waals surface area contributed by atoms with Gasteiger partial charge in [0, 0.05) is 26.3 Å². The van der Waals surface area contributed by atoms with Gasteiger partial charge in [0.2, 0.25) is 5.91 Å². The fraction of sp³-hybridized carbons (Fsp3) is 0.500. The van der Waals surface area contributed by atoms with Crippen LogP contribution >= 0.6 is 0 Å². The lowest BCUT2D eigenvalue weighted by Crippen LogP contribution is -2.58. The summed E-state index contributed by atoms with van der Waals surface area (Å²) in [4.78, 5) is 29.8. The quantitative estimate of drug-likeness (QED) is 0.807. The number of carbonyl (C=O) groups is 2. The number of hydrogen-bond acceptors (Lipinski definition) is 5. The van der Waals surface area contributed by atoms with Crippen molar-refractivity contribution >= 4 is 17.6 Å². The van der Waals surface area contributed by atoms with Gasteiger partial charge in [-0.3, -0.25) is 14.5 Å². The second-order valence-electron chi connectivity index (χ2n) is 5.13. The first-order valence-corrected chi connectivity index (χ1v) is 6.83. The van der Waals surface area contributed by atoms with Crippen molar-refractivity contribution < 1.29 is 14.3 Å². The van der Waals surface area contributed by atoms with Crippen LogP contribution in [0.5, 0.6) is 0 Å². The number of ether oxygens (including phenoxy) is 1. The Morgan fingerprint density at radius 2 is 2.29 bits per heavy atom. The molecule has 114 valence electrons. The van der Waals surface area contributed by atoms with Crippen molar-refractivity contribution in [3.8, 4) is 0 Å². The molecule has 21 heavy (non-hydrogen) atoms. The molecule has 2 heterocycles. The lowest BCUT2D eigenvalue weighted by atomic mass is 10.0. The number of carbonyl (C=O) groups excluding carboxylic acids is 2. The number of nitrogens with one attached hydrogen (secondary N) is 2. The van der Waals surface area contributed by atoms with Gasteiger partial charge < -0.3 is 15.4 Å². The van der Waals surface area contributed by atoms with Crippen molar-refractivity contribution in [2.75, 3.05) is 38.6 Å². The number of morpholine rings is 1. The van der Waals surface area contributed by atoms with Gasteiger partial charge in [0.1, 0.15) is 5.82 Å². The van der Waals surface area contributed by atoms with Crippen LogP contribution in [-0.4, -0.2) is 60.6 Å². The second-order valence-corrected chi connectivity index (χ2v) is 5.13. The SMILES string of the molecule is CNC(=O)[C@]1(C)CN(CC(=O)Nc2ccccn2)CCO1. The maximum Gasteiger partial charge on any atom is 0.253 e. The van der Waals surface area contributed by atoms with E-state index >= 15 is 0 Å². The van der Waals surface area contributed by atoms with E-state index in [9.17, 15) is 9.59 Å². The number of rotatable bonds is 4. The van der Waals surface area contributed by atoms with E-state index in [4.69, 9.17) is 4.74 Å². The smallest absolute Gasteiger partial charge is 0.253 e. The molecule has 0 spiro atoms. The second kappa shape index (κ2) is 6.64. The molecule has 1 aromatic heterocycles. The van der Waals surface area contributed by atoms with Gasteiger partial charge in [0.15, 0.2) is 5.60 Å². The molecule has 0 aromatic carbocycles. The third-order valence-electron chi connectivity index (χ3n) is 3.36. The van der Waals surface area contributed by atoms with Crippen molar-refractivity contribution in [3.63, 3.8) is 0 Å². The molecule has 7 heteroatoms. The summed E-state index contributed by atoms with van der Waals surface area (Å²) in [6, 6.07) is 5.32. The highest BCUT2D eigenvalue weighted by atomic mass is 16.5. The Morgan fingerprint density at radius 1 is 1.48 bits per heavy atom. The monoisotopic (exact) mass is 292 g/mol. The molecule has 0 radical (unpaired) electrons. The average Bonchev–Trinajstić information content (AvgIpc) is 2.47. The highest BCUT2D eigenvalue weighted by molar-refractivity contribution is 5.91. The first kappa shape index (κ1) is 15.4. The van der Waals surface area contributed by atoms with Gasteiger partial charge >= 0.3 is 0 Å². The van der Waals surface area contributed by atoms with Crippen molar-refractivity contribution in [2.45, 2.75) is 12.5 Å². The number of amides is 2. The Morgan fingerprint density at radius 3 is 2.95 bits per heavy atom. The van der Waals surface area contributed by atoms with E-state index in [1.807, 2.05) is 4.90 Å². The lowest BCUT2D eigenvalue weighted by Gasteiger charge is -2.38. The first-order chi connectivity index (χ1) is 10.0. The molecule has 0 unspecified atom stereocenters. The zero-order valence-corrected chi connectivity index (χ0v) is 12.3. The maximum absolute atomic E-state index is 12.0. The number of aromatic nitrogens is 1. The minimum absolute atomic E-state index is 0.158. The predicted octanol–water partition coefficient (Wildman–Crippen LogP) is -0.143. The summed E-state index contributed by atoms with van der Waals surface area (Å²) in [6.45, 7) is 3.34. The Bertz CT molecular complexity index is 508. The Hall–Kier alpha value is -1.99. The molecule has 1 aliphatic heterocycles. The van der Waals surface area contributed by atoms with Gasteiger partial charge in [0.25, 0.3) is 5.91 Å².